The van der Waals surface area contributed by atoms with E-state index in [-0.39, 0.29) is 18.0 Å². The van der Waals surface area contributed by atoms with Crippen LogP contribution in [0.15, 0.2) is 64.5 Å². The van der Waals surface area contributed by atoms with Gasteiger partial charge in [0.25, 0.3) is 5.56 Å². The minimum atomic E-state index is -0.265. The van der Waals surface area contributed by atoms with Crippen LogP contribution in [0.4, 0.5) is 5.69 Å². The maximum absolute atomic E-state index is 12.8. The fraction of sp³-hybridized carbons (Fsp3) is 0.227. The van der Waals surface area contributed by atoms with Crippen LogP contribution in [0.25, 0.3) is 0 Å². The molecule has 3 aromatic rings. The summed E-state index contributed by atoms with van der Waals surface area (Å²) in [4.78, 5) is 29.9. The van der Waals surface area contributed by atoms with E-state index >= 15 is 0 Å². The molecule has 1 amide bonds. The summed E-state index contributed by atoms with van der Waals surface area (Å²) < 4.78 is 7.22. The molecule has 6 nitrogen and oxygen atoms in total. The Kier molecular flexibility index (Phi) is 5.67. The van der Waals surface area contributed by atoms with Gasteiger partial charge in [0.15, 0.2) is 5.16 Å². The zero-order valence-corrected chi connectivity index (χ0v) is 16.9. The molecular weight excluding hydrogens is 386 g/mol. The van der Waals surface area contributed by atoms with E-state index < -0.39 is 0 Å². The molecule has 1 heterocycles. The number of hydrogen-bond acceptors (Lipinski definition) is 5. The summed E-state index contributed by atoms with van der Waals surface area (Å²) in [7, 11) is 0. The van der Waals surface area contributed by atoms with Gasteiger partial charge < -0.3 is 10.1 Å². The molecule has 0 saturated heterocycles. The second kappa shape index (κ2) is 8.53. The van der Waals surface area contributed by atoms with Crippen LogP contribution in [0, 0.1) is 0 Å². The first-order valence-electron chi connectivity index (χ1n) is 9.43. The van der Waals surface area contributed by atoms with Crippen molar-refractivity contribution in [3.05, 3.63) is 76.2 Å². The summed E-state index contributed by atoms with van der Waals surface area (Å²) in [6, 6.07) is 16.6. The lowest BCUT2D eigenvalue weighted by Crippen LogP contribution is -2.31. The van der Waals surface area contributed by atoms with Gasteiger partial charge in [0.05, 0.1) is 5.69 Å². The molecular formula is C22H21N3O3S. The Balaban J connectivity index is 1.45. The first-order valence-corrected chi connectivity index (χ1v) is 10.7. The van der Waals surface area contributed by atoms with Crippen molar-refractivity contribution in [2.45, 2.75) is 31.0 Å². The molecule has 0 unspecified atom stereocenters. The van der Waals surface area contributed by atoms with Crippen molar-refractivity contribution in [1.29, 1.82) is 0 Å². The van der Waals surface area contributed by atoms with Crippen molar-refractivity contribution >= 4 is 23.4 Å². The van der Waals surface area contributed by atoms with Gasteiger partial charge in [-0.15, -0.1) is 0 Å². The Labute approximate surface area is 172 Å². The molecule has 1 aromatic heterocycles. The SMILES string of the molecule is CSc1nc2c(c(=O)n1CC(=O)Nc1ccc(Oc3ccccc3)cc1)CCC2. The average Bonchev–Trinajstić information content (AvgIpc) is 3.21. The lowest BCUT2D eigenvalue weighted by molar-refractivity contribution is -0.116. The maximum Gasteiger partial charge on any atom is 0.258 e. The summed E-state index contributed by atoms with van der Waals surface area (Å²) in [5.74, 6) is 1.16. The molecule has 148 valence electrons. The van der Waals surface area contributed by atoms with Crippen LogP contribution in [-0.4, -0.2) is 21.7 Å². The highest BCUT2D eigenvalue weighted by atomic mass is 32.2. The predicted molar refractivity (Wildman–Crippen MR) is 114 cm³/mol. The number of para-hydroxylation sites is 1. The van der Waals surface area contributed by atoms with E-state index in [0.29, 0.717) is 16.6 Å². The lowest BCUT2D eigenvalue weighted by atomic mass is 10.2. The molecule has 7 heteroatoms. The number of thioether (sulfide) groups is 1. The number of carbonyl (C=O) groups excluding carboxylic acids is 1. The van der Waals surface area contributed by atoms with E-state index in [1.165, 1.54) is 16.3 Å². The van der Waals surface area contributed by atoms with Crippen molar-refractivity contribution in [3.63, 3.8) is 0 Å². The number of nitrogens with zero attached hydrogens (tertiary/aromatic N) is 2. The van der Waals surface area contributed by atoms with Gasteiger partial charge in [-0.2, -0.15) is 0 Å². The van der Waals surface area contributed by atoms with E-state index in [1.807, 2.05) is 36.6 Å². The third kappa shape index (κ3) is 4.35. The normalized spacial score (nSPS) is 12.4. The molecule has 0 saturated carbocycles. The van der Waals surface area contributed by atoms with Gasteiger partial charge in [-0.25, -0.2) is 4.98 Å². The lowest BCUT2D eigenvalue weighted by Gasteiger charge is -2.13. The van der Waals surface area contributed by atoms with Crippen LogP contribution in [0.5, 0.6) is 11.5 Å². The number of hydrogen-bond donors (Lipinski definition) is 1. The average molecular weight is 407 g/mol. The number of benzene rings is 2. The Morgan fingerprint density at radius 3 is 2.55 bits per heavy atom. The van der Waals surface area contributed by atoms with Crippen LogP contribution >= 0.6 is 11.8 Å². The number of carbonyl (C=O) groups is 1. The third-order valence-electron chi connectivity index (χ3n) is 4.75. The summed E-state index contributed by atoms with van der Waals surface area (Å²) in [6.45, 7) is -0.0580. The zero-order chi connectivity index (χ0) is 20.2. The molecule has 0 radical (unpaired) electrons. The maximum atomic E-state index is 12.8. The van der Waals surface area contributed by atoms with Gasteiger partial charge in [0, 0.05) is 11.3 Å². The molecule has 1 aliphatic carbocycles. The Morgan fingerprint density at radius 2 is 1.83 bits per heavy atom. The molecule has 4 rings (SSSR count). The molecule has 0 fully saturated rings. The zero-order valence-electron chi connectivity index (χ0n) is 16.1. The van der Waals surface area contributed by atoms with E-state index in [9.17, 15) is 9.59 Å². The Morgan fingerprint density at radius 1 is 1.10 bits per heavy atom. The van der Waals surface area contributed by atoms with Crippen LogP contribution in [0.2, 0.25) is 0 Å². The largest absolute Gasteiger partial charge is 0.457 e. The molecule has 0 spiro atoms. The Hall–Kier alpha value is -3.06. The number of aryl methyl sites for hydroxylation is 1. The van der Waals surface area contributed by atoms with Crippen molar-refractivity contribution in [1.82, 2.24) is 9.55 Å². The fourth-order valence-corrected chi connectivity index (χ4v) is 3.95. The van der Waals surface area contributed by atoms with Gasteiger partial charge in [0.1, 0.15) is 18.0 Å². The predicted octanol–water partition coefficient (Wildman–Crippen LogP) is 3.88. The van der Waals surface area contributed by atoms with Gasteiger partial charge in [-0.1, -0.05) is 30.0 Å². The fourth-order valence-electron chi connectivity index (χ4n) is 3.38. The van der Waals surface area contributed by atoms with Crippen LogP contribution in [0.1, 0.15) is 17.7 Å². The molecule has 0 aliphatic heterocycles. The number of nitrogens with one attached hydrogen (secondary N) is 1. The standard InChI is InChI=1S/C22H21N3O3S/c1-29-22-24-19-9-5-8-18(19)21(27)25(22)14-20(26)23-15-10-12-17(13-11-15)28-16-6-3-2-4-7-16/h2-4,6-7,10-13H,5,8-9,14H2,1H3,(H,23,26). The number of ether oxygens (including phenoxy) is 1. The quantitative estimate of drug-likeness (QED) is 0.496. The molecule has 29 heavy (non-hydrogen) atoms. The number of amides is 1. The summed E-state index contributed by atoms with van der Waals surface area (Å²) in [5.41, 5.74) is 2.17. The van der Waals surface area contributed by atoms with Crippen LogP contribution in [0.3, 0.4) is 0 Å². The third-order valence-corrected chi connectivity index (χ3v) is 5.43. The summed E-state index contributed by atoms with van der Waals surface area (Å²) in [6.07, 6.45) is 4.38. The highest BCUT2D eigenvalue weighted by Crippen LogP contribution is 2.23. The number of anilines is 1. The molecule has 1 N–H and O–H groups in total. The number of aromatic nitrogens is 2. The monoisotopic (exact) mass is 407 g/mol. The second-order valence-corrected chi connectivity index (χ2v) is 7.53. The second-order valence-electron chi connectivity index (χ2n) is 6.76. The summed E-state index contributed by atoms with van der Waals surface area (Å²) >= 11 is 1.38. The van der Waals surface area contributed by atoms with E-state index in [0.717, 1.165) is 36.3 Å². The first kappa shape index (κ1) is 19.3. The highest BCUT2D eigenvalue weighted by molar-refractivity contribution is 7.98. The smallest absolute Gasteiger partial charge is 0.258 e. The van der Waals surface area contributed by atoms with Crippen LogP contribution < -0.4 is 15.6 Å². The minimum absolute atomic E-state index is 0.0580. The molecule has 0 atom stereocenters. The van der Waals surface area contributed by atoms with Gasteiger partial charge >= 0.3 is 0 Å². The number of rotatable bonds is 6. The van der Waals surface area contributed by atoms with Crippen LogP contribution in [-0.2, 0) is 24.2 Å². The van der Waals surface area contributed by atoms with E-state index in [4.69, 9.17) is 4.74 Å². The minimum Gasteiger partial charge on any atom is -0.457 e. The van der Waals surface area contributed by atoms with E-state index in [2.05, 4.69) is 10.3 Å². The van der Waals surface area contributed by atoms with Crippen molar-refractivity contribution < 1.29 is 9.53 Å². The molecule has 1 aliphatic rings. The molecule has 2 aromatic carbocycles. The van der Waals surface area contributed by atoms with Crippen molar-refractivity contribution in [3.8, 4) is 11.5 Å². The number of fused-ring (bicyclic) bond motifs is 1. The van der Waals surface area contributed by atoms with Crippen molar-refractivity contribution in [2.75, 3.05) is 11.6 Å². The first-order chi connectivity index (χ1) is 14.1. The molecule has 0 bridgehead atoms. The van der Waals surface area contributed by atoms with Gasteiger partial charge in [0.2, 0.25) is 5.91 Å². The van der Waals surface area contributed by atoms with Gasteiger partial charge in [-0.05, 0) is 61.9 Å². The Bertz CT molecular complexity index is 1080. The highest BCUT2D eigenvalue weighted by Gasteiger charge is 2.21. The van der Waals surface area contributed by atoms with Crippen molar-refractivity contribution in [2.24, 2.45) is 0 Å². The van der Waals surface area contributed by atoms with Gasteiger partial charge in [-0.3, -0.25) is 14.2 Å². The topological polar surface area (TPSA) is 73.2 Å². The summed E-state index contributed by atoms with van der Waals surface area (Å²) in [5, 5.41) is 3.42. The van der Waals surface area contributed by atoms with E-state index in [1.54, 1.807) is 24.3 Å².